The van der Waals surface area contributed by atoms with Gasteiger partial charge in [-0.2, -0.15) is 0 Å². The van der Waals surface area contributed by atoms with Crippen molar-refractivity contribution >= 4 is 23.1 Å². The third kappa shape index (κ3) is 4.27. The van der Waals surface area contributed by atoms with Crippen molar-refractivity contribution in [2.24, 2.45) is 11.8 Å². The number of carbonyl (C=O) groups is 1. The average Bonchev–Trinajstić information content (AvgIpc) is 3.26. The number of aliphatic hydroxyl groups is 1. The Labute approximate surface area is 162 Å². The van der Waals surface area contributed by atoms with Gasteiger partial charge in [-0.3, -0.25) is 9.78 Å². The lowest BCUT2D eigenvalue weighted by Gasteiger charge is -2.35. The lowest BCUT2D eigenvalue weighted by molar-refractivity contribution is -0.130. The highest BCUT2D eigenvalue weighted by molar-refractivity contribution is 7.09. The van der Waals surface area contributed by atoms with Crippen LogP contribution in [0.15, 0.2) is 24.0 Å². The molecular formula is C19H25N5O2S. The minimum Gasteiger partial charge on any atom is -0.391 e. The van der Waals surface area contributed by atoms with E-state index >= 15 is 0 Å². The summed E-state index contributed by atoms with van der Waals surface area (Å²) >= 11 is 1.63. The summed E-state index contributed by atoms with van der Waals surface area (Å²) in [5.74, 6) is 1.69. The molecule has 4 rings (SSSR count). The number of aryl methyl sites for hydroxylation is 2. The highest BCUT2D eigenvalue weighted by atomic mass is 32.1. The van der Waals surface area contributed by atoms with Gasteiger partial charge < -0.3 is 15.3 Å². The first-order valence-electron chi connectivity index (χ1n) is 9.48. The third-order valence-corrected chi connectivity index (χ3v) is 6.47. The highest BCUT2D eigenvalue weighted by Gasteiger charge is 2.42. The second-order valence-electron chi connectivity index (χ2n) is 7.56. The Kier molecular flexibility index (Phi) is 5.36. The molecule has 0 unspecified atom stereocenters. The highest BCUT2D eigenvalue weighted by Crippen LogP contribution is 2.37. The van der Waals surface area contributed by atoms with E-state index in [2.05, 4.69) is 20.3 Å². The first kappa shape index (κ1) is 18.3. The molecule has 1 saturated heterocycles. The van der Waals surface area contributed by atoms with E-state index in [-0.39, 0.29) is 11.9 Å². The zero-order valence-electron chi connectivity index (χ0n) is 15.4. The monoisotopic (exact) mass is 387 g/mol. The fourth-order valence-electron chi connectivity index (χ4n) is 4.27. The van der Waals surface area contributed by atoms with E-state index in [4.69, 9.17) is 0 Å². The lowest BCUT2D eigenvalue weighted by atomic mass is 9.77. The third-order valence-electron chi connectivity index (χ3n) is 5.65. The van der Waals surface area contributed by atoms with E-state index in [0.29, 0.717) is 30.5 Å². The molecular weight excluding hydrogens is 362 g/mol. The number of aromatic nitrogens is 3. The number of amides is 1. The van der Waals surface area contributed by atoms with Crippen molar-refractivity contribution in [3.63, 3.8) is 0 Å². The SMILES string of the molecule is Cc1nc(CCC(=O)N2C[C@H]3C[C@@H](Nc4cnccn4)[C@H](O)C[C@H]3C2)cs1. The molecule has 4 atom stereocenters. The molecule has 27 heavy (non-hydrogen) atoms. The van der Waals surface area contributed by atoms with Gasteiger partial charge in [0.2, 0.25) is 5.91 Å². The molecule has 1 saturated carbocycles. The zero-order chi connectivity index (χ0) is 18.8. The molecule has 2 aromatic rings. The van der Waals surface area contributed by atoms with Gasteiger partial charge in [0.1, 0.15) is 5.82 Å². The van der Waals surface area contributed by atoms with Gasteiger partial charge in [0.05, 0.1) is 29.0 Å². The van der Waals surface area contributed by atoms with Crippen molar-refractivity contribution in [3.8, 4) is 0 Å². The van der Waals surface area contributed by atoms with Crippen molar-refractivity contribution in [2.75, 3.05) is 18.4 Å². The Morgan fingerprint density at radius 3 is 2.85 bits per heavy atom. The number of fused-ring (bicyclic) bond motifs is 1. The van der Waals surface area contributed by atoms with Gasteiger partial charge in [-0.05, 0) is 38.0 Å². The summed E-state index contributed by atoms with van der Waals surface area (Å²) in [5.41, 5.74) is 1.01. The maximum Gasteiger partial charge on any atom is 0.222 e. The molecule has 1 aliphatic heterocycles. The Hall–Kier alpha value is -2.06. The van der Waals surface area contributed by atoms with Crippen molar-refractivity contribution in [2.45, 2.75) is 44.8 Å². The minimum absolute atomic E-state index is 0.0454. The number of likely N-dealkylation sites (tertiary alicyclic amines) is 1. The van der Waals surface area contributed by atoms with Gasteiger partial charge in [-0.25, -0.2) is 9.97 Å². The van der Waals surface area contributed by atoms with Crippen molar-refractivity contribution in [1.82, 2.24) is 19.9 Å². The Balaban J connectivity index is 1.31. The smallest absolute Gasteiger partial charge is 0.222 e. The summed E-state index contributed by atoms with van der Waals surface area (Å²) in [4.78, 5) is 27.3. The van der Waals surface area contributed by atoms with Gasteiger partial charge in [-0.15, -0.1) is 11.3 Å². The van der Waals surface area contributed by atoms with Crippen LogP contribution in [0.25, 0.3) is 0 Å². The van der Waals surface area contributed by atoms with Crippen LogP contribution >= 0.6 is 11.3 Å². The molecule has 0 radical (unpaired) electrons. The molecule has 3 heterocycles. The number of hydrogen-bond donors (Lipinski definition) is 2. The number of rotatable bonds is 5. The first-order valence-corrected chi connectivity index (χ1v) is 10.4. The number of nitrogens with one attached hydrogen (secondary N) is 1. The topological polar surface area (TPSA) is 91.2 Å². The molecule has 2 aromatic heterocycles. The predicted octanol–water partition coefficient (Wildman–Crippen LogP) is 1.88. The number of anilines is 1. The molecule has 144 valence electrons. The van der Waals surface area contributed by atoms with Crippen LogP contribution < -0.4 is 5.32 Å². The van der Waals surface area contributed by atoms with Gasteiger partial charge in [-0.1, -0.05) is 0 Å². The number of carbonyl (C=O) groups excluding carboxylic acids is 1. The van der Waals surface area contributed by atoms with Crippen molar-refractivity contribution in [1.29, 1.82) is 0 Å². The minimum atomic E-state index is -0.429. The Morgan fingerprint density at radius 1 is 1.33 bits per heavy atom. The Bertz CT molecular complexity index is 783. The van der Waals surface area contributed by atoms with E-state index in [9.17, 15) is 9.90 Å². The van der Waals surface area contributed by atoms with Gasteiger partial charge in [0.25, 0.3) is 0 Å². The van der Waals surface area contributed by atoms with E-state index in [1.807, 2.05) is 17.2 Å². The summed E-state index contributed by atoms with van der Waals surface area (Å²) in [6, 6.07) is -0.0454. The summed E-state index contributed by atoms with van der Waals surface area (Å²) in [7, 11) is 0. The van der Waals surface area contributed by atoms with Crippen LogP contribution in [-0.4, -0.2) is 56.1 Å². The van der Waals surface area contributed by atoms with E-state index in [0.717, 1.165) is 36.6 Å². The molecule has 0 bridgehead atoms. The Morgan fingerprint density at radius 2 is 2.15 bits per heavy atom. The van der Waals surface area contributed by atoms with Crippen molar-refractivity contribution < 1.29 is 9.90 Å². The van der Waals surface area contributed by atoms with Crippen LogP contribution in [0.2, 0.25) is 0 Å². The second-order valence-corrected chi connectivity index (χ2v) is 8.62. The van der Waals surface area contributed by atoms with Crippen LogP contribution in [0, 0.1) is 18.8 Å². The maximum atomic E-state index is 12.6. The predicted molar refractivity (Wildman–Crippen MR) is 103 cm³/mol. The van der Waals surface area contributed by atoms with Crippen LogP contribution in [0.5, 0.6) is 0 Å². The molecule has 2 fully saturated rings. The normalized spacial score (nSPS) is 27.4. The molecule has 8 heteroatoms. The molecule has 2 aliphatic rings. The number of aliphatic hydroxyl groups excluding tert-OH is 1. The van der Waals surface area contributed by atoms with Crippen LogP contribution in [0.1, 0.15) is 30.0 Å². The number of thiazole rings is 1. The second kappa shape index (κ2) is 7.90. The fourth-order valence-corrected chi connectivity index (χ4v) is 4.92. The molecule has 0 spiro atoms. The molecule has 7 nitrogen and oxygen atoms in total. The van der Waals surface area contributed by atoms with Crippen LogP contribution in [-0.2, 0) is 11.2 Å². The molecule has 2 N–H and O–H groups in total. The largest absolute Gasteiger partial charge is 0.391 e. The van der Waals surface area contributed by atoms with Crippen LogP contribution in [0.4, 0.5) is 5.82 Å². The number of hydrogen-bond acceptors (Lipinski definition) is 7. The van der Waals surface area contributed by atoms with Gasteiger partial charge >= 0.3 is 0 Å². The maximum absolute atomic E-state index is 12.6. The number of nitrogens with zero attached hydrogens (tertiary/aromatic N) is 4. The molecule has 1 aliphatic carbocycles. The lowest BCUT2D eigenvalue weighted by Crippen LogP contribution is -2.43. The molecule has 0 aromatic carbocycles. The standard InChI is InChI=1S/C19H25N5O2S/c1-12-22-15(11-27-12)2-3-19(26)24-9-13-6-16(17(25)7-14(13)10-24)23-18-8-20-4-5-21-18/h4-5,8,11,13-14,16-17,25H,2-3,6-7,9-10H2,1H3,(H,21,23)/t13-,14+,16-,17-/m1/s1. The average molecular weight is 388 g/mol. The zero-order valence-corrected chi connectivity index (χ0v) is 16.2. The first-order chi connectivity index (χ1) is 13.1. The van der Waals surface area contributed by atoms with Crippen molar-refractivity contribution in [3.05, 3.63) is 34.7 Å². The summed E-state index contributed by atoms with van der Waals surface area (Å²) in [5, 5.41) is 16.9. The fraction of sp³-hybridized carbons (Fsp3) is 0.579. The van der Waals surface area contributed by atoms with Gasteiger partial charge in [0.15, 0.2) is 0 Å². The quantitative estimate of drug-likeness (QED) is 0.814. The van der Waals surface area contributed by atoms with E-state index in [1.165, 1.54) is 0 Å². The van der Waals surface area contributed by atoms with E-state index < -0.39 is 6.10 Å². The molecule has 1 amide bonds. The summed E-state index contributed by atoms with van der Waals surface area (Å²) in [6.45, 7) is 3.53. The van der Waals surface area contributed by atoms with Crippen LogP contribution in [0.3, 0.4) is 0 Å². The summed E-state index contributed by atoms with van der Waals surface area (Å²) in [6.07, 6.45) is 7.28. The van der Waals surface area contributed by atoms with E-state index in [1.54, 1.807) is 29.9 Å². The van der Waals surface area contributed by atoms with Gasteiger partial charge in [0, 0.05) is 37.3 Å². The summed E-state index contributed by atoms with van der Waals surface area (Å²) < 4.78 is 0.